The van der Waals surface area contributed by atoms with E-state index in [-0.39, 0.29) is 0 Å². The molecule has 82 valence electrons. The van der Waals surface area contributed by atoms with E-state index in [1.165, 1.54) is 0 Å². The first-order valence-corrected chi connectivity index (χ1v) is 4.03. The molecule has 0 rings (SSSR count). The summed E-state index contributed by atoms with van der Waals surface area (Å²) < 4.78 is 28.6. The number of hydrazone groups is 1. The van der Waals surface area contributed by atoms with E-state index in [9.17, 15) is 13.6 Å². The van der Waals surface area contributed by atoms with Crippen molar-refractivity contribution in [1.29, 1.82) is 0 Å². The van der Waals surface area contributed by atoms with Crippen LogP contribution >= 0.6 is 0 Å². The minimum Gasteiger partial charge on any atom is -0.443 e. The van der Waals surface area contributed by atoms with Gasteiger partial charge >= 0.3 is 6.09 Å². The lowest BCUT2D eigenvalue weighted by Gasteiger charge is -2.18. The normalized spacial score (nSPS) is 12.9. The van der Waals surface area contributed by atoms with Crippen molar-refractivity contribution >= 4 is 11.8 Å². The Bertz CT molecular complexity index is 234. The minimum atomic E-state index is -2.68. The van der Waals surface area contributed by atoms with E-state index in [1.807, 2.05) is 5.43 Å². The third kappa shape index (κ3) is 6.33. The van der Waals surface area contributed by atoms with Crippen molar-refractivity contribution in [2.45, 2.75) is 39.7 Å². The van der Waals surface area contributed by atoms with E-state index in [0.29, 0.717) is 0 Å². The van der Waals surface area contributed by atoms with Gasteiger partial charge in [0.05, 0.1) is 0 Å². The summed E-state index contributed by atoms with van der Waals surface area (Å²) in [7, 11) is 0. The van der Waals surface area contributed by atoms with E-state index >= 15 is 0 Å². The van der Waals surface area contributed by atoms with Crippen LogP contribution in [0.4, 0.5) is 13.6 Å². The molecular formula is C8H14F2N2O2. The van der Waals surface area contributed by atoms with Crippen LogP contribution in [0.1, 0.15) is 27.7 Å². The number of amides is 1. The minimum absolute atomic E-state index is 0.462. The van der Waals surface area contributed by atoms with Gasteiger partial charge in [0.25, 0.3) is 6.43 Å². The highest BCUT2D eigenvalue weighted by Gasteiger charge is 2.16. The predicted octanol–water partition coefficient (Wildman–Crippen LogP) is 2.15. The number of hydrogen-bond acceptors (Lipinski definition) is 3. The van der Waals surface area contributed by atoms with Gasteiger partial charge in [-0.05, 0) is 27.7 Å². The van der Waals surface area contributed by atoms with Gasteiger partial charge < -0.3 is 4.74 Å². The molecule has 6 heteroatoms. The summed E-state index contributed by atoms with van der Waals surface area (Å²) in [6, 6.07) is 0. The number of hydrogen-bond donors (Lipinski definition) is 1. The molecular weight excluding hydrogens is 194 g/mol. The number of alkyl halides is 2. The molecule has 0 radical (unpaired) electrons. The molecule has 0 saturated carbocycles. The molecule has 0 bridgehead atoms. The number of nitrogens with one attached hydrogen (secondary N) is 1. The van der Waals surface area contributed by atoms with E-state index in [1.54, 1.807) is 20.8 Å². The SMILES string of the molecule is C/C(=N\NC(=O)OC(C)(C)C)C(F)F. The Balaban J connectivity index is 4.04. The van der Waals surface area contributed by atoms with Crippen molar-refractivity contribution in [2.24, 2.45) is 5.10 Å². The molecule has 0 atom stereocenters. The third-order valence-corrected chi connectivity index (χ3v) is 1.04. The summed E-state index contributed by atoms with van der Waals surface area (Å²) in [5.41, 5.74) is 0.737. The van der Waals surface area contributed by atoms with Crippen molar-refractivity contribution in [1.82, 2.24) is 5.43 Å². The van der Waals surface area contributed by atoms with Gasteiger partial charge in [0.1, 0.15) is 11.3 Å². The summed E-state index contributed by atoms with van der Waals surface area (Å²) in [6.45, 7) is 6.10. The first-order valence-electron chi connectivity index (χ1n) is 4.03. The summed E-state index contributed by atoms with van der Waals surface area (Å²) in [4.78, 5) is 10.9. The molecule has 0 aromatic heterocycles. The van der Waals surface area contributed by atoms with Gasteiger partial charge in [-0.25, -0.2) is 19.0 Å². The maximum absolute atomic E-state index is 11.9. The van der Waals surface area contributed by atoms with Crippen LogP contribution in [0.25, 0.3) is 0 Å². The number of nitrogens with zero attached hydrogens (tertiary/aromatic N) is 1. The lowest BCUT2D eigenvalue weighted by atomic mass is 10.2. The van der Waals surface area contributed by atoms with Crippen molar-refractivity contribution in [3.05, 3.63) is 0 Å². The van der Waals surface area contributed by atoms with Crippen LogP contribution in [0.3, 0.4) is 0 Å². The Morgan fingerprint density at radius 2 is 1.93 bits per heavy atom. The quantitative estimate of drug-likeness (QED) is 0.558. The smallest absolute Gasteiger partial charge is 0.428 e. The van der Waals surface area contributed by atoms with Crippen LogP contribution in [-0.2, 0) is 4.74 Å². The van der Waals surface area contributed by atoms with Crippen LogP contribution in [0.5, 0.6) is 0 Å². The Labute approximate surface area is 81.3 Å². The largest absolute Gasteiger partial charge is 0.443 e. The lowest BCUT2D eigenvalue weighted by Crippen LogP contribution is -2.30. The molecule has 0 aliphatic carbocycles. The summed E-state index contributed by atoms with van der Waals surface area (Å²) in [6.07, 6.45) is -3.53. The fraction of sp³-hybridized carbons (Fsp3) is 0.750. The molecule has 0 heterocycles. The number of ether oxygens (including phenoxy) is 1. The highest BCUT2D eigenvalue weighted by molar-refractivity contribution is 5.85. The fourth-order valence-electron chi connectivity index (χ4n) is 0.484. The molecule has 0 saturated heterocycles. The van der Waals surface area contributed by atoms with Gasteiger partial charge in [0.15, 0.2) is 0 Å². The lowest BCUT2D eigenvalue weighted by molar-refractivity contribution is 0.0528. The Kier molecular flexibility index (Phi) is 4.46. The summed E-state index contributed by atoms with van der Waals surface area (Å²) in [5.74, 6) is 0. The molecule has 0 aliphatic heterocycles. The molecule has 1 N–H and O–H groups in total. The van der Waals surface area contributed by atoms with Crippen LogP contribution in [0.15, 0.2) is 5.10 Å². The maximum atomic E-state index is 11.9. The number of carbonyl (C=O) groups excluding carboxylic acids is 1. The maximum Gasteiger partial charge on any atom is 0.428 e. The standard InChI is InChI=1S/C8H14F2N2O2/c1-5(6(9)10)11-12-7(13)14-8(2,3)4/h6H,1-4H3,(H,12,13)/b11-5+. The topological polar surface area (TPSA) is 50.7 Å². The van der Waals surface area contributed by atoms with E-state index in [4.69, 9.17) is 4.74 Å². The Hall–Kier alpha value is -1.20. The highest BCUT2D eigenvalue weighted by atomic mass is 19.3. The molecule has 4 nitrogen and oxygen atoms in total. The monoisotopic (exact) mass is 208 g/mol. The molecule has 1 amide bonds. The average molecular weight is 208 g/mol. The molecule has 0 aromatic rings. The molecule has 0 aromatic carbocycles. The molecule has 14 heavy (non-hydrogen) atoms. The number of carbonyl (C=O) groups is 1. The second kappa shape index (κ2) is 4.88. The van der Waals surface area contributed by atoms with Crippen molar-refractivity contribution in [2.75, 3.05) is 0 Å². The van der Waals surface area contributed by atoms with E-state index < -0.39 is 23.8 Å². The van der Waals surface area contributed by atoms with Gasteiger partial charge in [-0.3, -0.25) is 0 Å². The second-order valence-electron chi connectivity index (χ2n) is 3.67. The van der Waals surface area contributed by atoms with Gasteiger partial charge in [-0.15, -0.1) is 0 Å². The zero-order valence-corrected chi connectivity index (χ0v) is 8.60. The highest BCUT2D eigenvalue weighted by Crippen LogP contribution is 2.06. The van der Waals surface area contributed by atoms with Crippen LogP contribution < -0.4 is 5.43 Å². The van der Waals surface area contributed by atoms with Crippen LogP contribution in [0, 0.1) is 0 Å². The molecule has 0 spiro atoms. The summed E-state index contributed by atoms with van der Waals surface area (Å²) in [5, 5.41) is 3.15. The fourth-order valence-corrected chi connectivity index (χ4v) is 0.484. The van der Waals surface area contributed by atoms with Crippen molar-refractivity contribution in [3.8, 4) is 0 Å². The molecule has 0 aliphatic rings. The van der Waals surface area contributed by atoms with Gasteiger partial charge in [0.2, 0.25) is 0 Å². The Morgan fingerprint density at radius 1 is 1.43 bits per heavy atom. The first kappa shape index (κ1) is 12.8. The first-order chi connectivity index (χ1) is 6.22. The average Bonchev–Trinajstić information content (AvgIpc) is 1.96. The molecule has 0 unspecified atom stereocenters. The third-order valence-electron chi connectivity index (χ3n) is 1.04. The zero-order valence-electron chi connectivity index (χ0n) is 8.60. The second-order valence-corrected chi connectivity index (χ2v) is 3.67. The Morgan fingerprint density at radius 3 is 2.29 bits per heavy atom. The molecule has 0 fully saturated rings. The van der Waals surface area contributed by atoms with Gasteiger partial charge in [-0.1, -0.05) is 0 Å². The van der Waals surface area contributed by atoms with E-state index in [0.717, 1.165) is 6.92 Å². The van der Waals surface area contributed by atoms with Crippen LogP contribution in [0.2, 0.25) is 0 Å². The zero-order chi connectivity index (χ0) is 11.4. The van der Waals surface area contributed by atoms with Crippen molar-refractivity contribution < 1.29 is 18.3 Å². The summed E-state index contributed by atoms with van der Waals surface area (Å²) >= 11 is 0. The van der Waals surface area contributed by atoms with Gasteiger partial charge in [-0.2, -0.15) is 5.10 Å². The number of rotatable bonds is 2. The van der Waals surface area contributed by atoms with Gasteiger partial charge in [0, 0.05) is 0 Å². The van der Waals surface area contributed by atoms with Crippen molar-refractivity contribution in [3.63, 3.8) is 0 Å². The van der Waals surface area contributed by atoms with E-state index in [2.05, 4.69) is 5.10 Å². The predicted molar refractivity (Wildman–Crippen MR) is 48.5 cm³/mol. The number of halogens is 2. The van der Waals surface area contributed by atoms with Crippen LogP contribution in [-0.4, -0.2) is 23.8 Å².